The first-order valence-electron chi connectivity index (χ1n) is 3.07. The fourth-order valence-electron chi connectivity index (χ4n) is 0.652. The average molecular weight is 234 g/mol. The second-order valence-electron chi connectivity index (χ2n) is 2.09. The van der Waals surface area contributed by atoms with E-state index >= 15 is 0 Å². The summed E-state index contributed by atoms with van der Waals surface area (Å²) in [4.78, 5) is 2.75. The summed E-state index contributed by atoms with van der Waals surface area (Å²) in [6.07, 6.45) is -5.11. The molecule has 0 fully saturated rings. The minimum absolute atomic E-state index is 0.132. The van der Waals surface area contributed by atoms with Crippen molar-refractivity contribution in [2.45, 2.75) is 6.36 Å². The summed E-state index contributed by atoms with van der Waals surface area (Å²) in [6, 6.07) is 0.132. The topological polar surface area (TPSA) is 22.1 Å². The Morgan fingerprint density at radius 2 is 1.86 bits per heavy atom. The molecule has 0 aliphatic heterocycles. The van der Waals surface area contributed by atoms with E-state index in [9.17, 15) is 22.0 Å². The summed E-state index contributed by atoms with van der Waals surface area (Å²) in [5.41, 5.74) is 0. The Morgan fingerprint density at radius 3 is 2.29 bits per heavy atom. The van der Waals surface area contributed by atoms with Crippen LogP contribution in [0.2, 0.25) is 5.15 Å². The van der Waals surface area contributed by atoms with Gasteiger partial charge < -0.3 is 4.74 Å². The number of aromatic nitrogens is 1. The van der Waals surface area contributed by atoms with E-state index in [-0.39, 0.29) is 6.07 Å². The molecule has 0 atom stereocenters. The first-order valence-corrected chi connectivity index (χ1v) is 3.44. The normalized spacial score (nSPS) is 11.6. The SMILES string of the molecule is Fc1cc(F)c(OC(F)(F)F)c(Cl)n1. The van der Waals surface area contributed by atoms with Crippen molar-refractivity contribution in [1.29, 1.82) is 0 Å². The fourth-order valence-corrected chi connectivity index (χ4v) is 0.862. The third-order valence-electron chi connectivity index (χ3n) is 1.07. The summed E-state index contributed by atoms with van der Waals surface area (Å²) in [7, 11) is 0. The molecule has 1 heterocycles. The molecule has 1 rings (SSSR count). The number of hydrogen-bond acceptors (Lipinski definition) is 2. The van der Waals surface area contributed by atoms with Crippen molar-refractivity contribution in [3.63, 3.8) is 0 Å². The van der Waals surface area contributed by atoms with Crippen molar-refractivity contribution >= 4 is 11.6 Å². The summed E-state index contributed by atoms with van der Waals surface area (Å²) < 4.78 is 63.0. The molecule has 0 bridgehead atoms. The number of hydrogen-bond donors (Lipinski definition) is 0. The molecule has 0 amide bonds. The molecule has 1 aromatic heterocycles. The van der Waals surface area contributed by atoms with Gasteiger partial charge in [0.15, 0.2) is 11.0 Å². The molecule has 0 N–H and O–H groups in total. The second kappa shape index (κ2) is 3.56. The Bertz CT molecular complexity index is 330. The lowest BCUT2D eigenvalue weighted by Crippen LogP contribution is -2.18. The quantitative estimate of drug-likeness (QED) is 0.550. The van der Waals surface area contributed by atoms with Gasteiger partial charge in [0.2, 0.25) is 11.7 Å². The van der Waals surface area contributed by atoms with E-state index in [0.717, 1.165) is 0 Å². The number of pyridine rings is 1. The van der Waals surface area contributed by atoms with Crippen molar-refractivity contribution < 1.29 is 26.7 Å². The van der Waals surface area contributed by atoms with E-state index in [4.69, 9.17) is 11.6 Å². The third kappa shape index (κ3) is 2.69. The molecule has 0 radical (unpaired) electrons. The Balaban J connectivity index is 3.09. The van der Waals surface area contributed by atoms with Crippen molar-refractivity contribution in [2.24, 2.45) is 0 Å². The highest BCUT2D eigenvalue weighted by molar-refractivity contribution is 6.30. The summed E-state index contributed by atoms with van der Waals surface area (Å²) in [6.45, 7) is 0. The van der Waals surface area contributed by atoms with Crippen LogP contribution >= 0.6 is 11.6 Å². The third-order valence-corrected chi connectivity index (χ3v) is 1.33. The number of nitrogens with zero attached hydrogens (tertiary/aromatic N) is 1. The predicted octanol–water partition coefficient (Wildman–Crippen LogP) is 2.91. The molecule has 0 aromatic carbocycles. The summed E-state index contributed by atoms with van der Waals surface area (Å²) in [5, 5.41) is -1.03. The molecule has 8 heteroatoms. The molecular formula is C6HClF5NO. The van der Waals surface area contributed by atoms with Gasteiger partial charge >= 0.3 is 6.36 Å². The van der Waals surface area contributed by atoms with Crippen LogP contribution in [0.3, 0.4) is 0 Å². The van der Waals surface area contributed by atoms with Gasteiger partial charge in [-0.25, -0.2) is 9.37 Å². The minimum Gasteiger partial charge on any atom is -0.399 e. The number of halogens is 6. The largest absolute Gasteiger partial charge is 0.573 e. The molecule has 0 saturated carbocycles. The molecule has 0 aliphatic rings. The highest BCUT2D eigenvalue weighted by atomic mass is 35.5. The lowest BCUT2D eigenvalue weighted by molar-refractivity contribution is -0.275. The highest BCUT2D eigenvalue weighted by Crippen LogP contribution is 2.31. The smallest absolute Gasteiger partial charge is 0.399 e. The van der Waals surface area contributed by atoms with Gasteiger partial charge in [0.25, 0.3) is 0 Å². The van der Waals surface area contributed by atoms with Crippen LogP contribution in [0.25, 0.3) is 0 Å². The maximum Gasteiger partial charge on any atom is 0.573 e. The van der Waals surface area contributed by atoms with Crippen molar-refractivity contribution in [2.75, 3.05) is 0 Å². The molecule has 1 aromatic rings. The van der Waals surface area contributed by atoms with Crippen LogP contribution < -0.4 is 4.74 Å². The zero-order chi connectivity index (χ0) is 10.9. The van der Waals surface area contributed by atoms with Crippen molar-refractivity contribution in [3.05, 3.63) is 23.0 Å². The Kier molecular flexibility index (Phi) is 2.79. The number of ether oxygens (including phenoxy) is 1. The lowest BCUT2D eigenvalue weighted by atomic mass is 10.4. The van der Waals surface area contributed by atoms with Crippen LogP contribution in [-0.2, 0) is 0 Å². The van der Waals surface area contributed by atoms with Gasteiger partial charge in [-0.2, -0.15) is 4.39 Å². The number of rotatable bonds is 1. The highest BCUT2D eigenvalue weighted by Gasteiger charge is 2.34. The molecule has 78 valence electrons. The second-order valence-corrected chi connectivity index (χ2v) is 2.45. The molecule has 0 unspecified atom stereocenters. The minimum atomic E-state index is -5.11. The maximum atomic E-state index is 12.7. The van der Waals surface area contributed by atoms with Gasteiger partial charge in [0, 0.05) is 6.07 Å². The van der Waals surface area contributed by atoms with Gasteiger partial charge in [0.1, 0.15) is 0 Å². The predicted molar refractivity (Wildman–Crippen MR) is 35.8 cm³/mol. The van der Waals surface area contributed by atoms with Crippen LogP contribution in [0.4, 0.5) is 22.0 Å². The molecule has 0 aliphatic carbocycles. The summed E-state index contributed by atoms with van der Waals surface area (Å²) >= 11 is 5.02. The molecule has 14 heavy (non-hydrogen) atoms. The Labute approximate surface area is 79.3 Å². The summed E-state index contributed by atoms with van der Waals surface area (Å²) in [5.74, 6) is -4.25. The van der Waals surface area contributed by atoms with E-state index in [1.807, 2.05) is 0 Å². The van der Waals surface area contributed by atoms with Gasteiger partial charge in [0.05, 0.1) is 0 Å². The molecule has 0 spiro atoms. The van der Waals surface area contributed by atoms with Gasteiger partial charge in [-0.15, -0.1) is 13.2 Å². The fraction of sp³-hybridized carbons (Fsp3) is 0.167. The first-order chi connectivity index (χ1) is 6.29. The van der Waals surface area contributed by atoms with Gasteiger partial charge in [-0.3, -0.25) is 0 Å². The van der Waals surface area contributed by atoms with Crippen LogP contribution in [0.5, 0.6) is 5.75 Å². The van der Waals surface area contributed by atoms with E-state index in [0.29, 0.717) is 0 Å². The van der Waals surface area contributed by atoms with Crippen molar-refractivity contribution in [1.82, 2.24) is 4.98 Å². The zero-order valence-corrected chi connectivity index (χ0v) is 6.96. The van der Waals surface area contributed by atoms with Crippen LogP contribution in [0.15, 0.2) is 6.07 Å². The molecule has 2 nitrogen and oxygen atoms in total. The van der Waals surface area contributed by atoms with Crippen LogP contribution in [0, 0.1) is 11.8 Å². The van der Waals surface area contributed by atoms with E-state index in [2.05, 4.69) is 9.72 Å². The molecule has 0 saturated heterocycles. The average Bonchev–Trinajstić information content (AvgIpc) is 1.95. The van der Waals surface area contributed by atoms with E-state index in [1.165, 1.54) is 0 Å². The van der Waals surface area contributed by atoms with Crippen LogP contribution in [0.1, 0.15) is 0 Å². The lowest BCUT2D eigenvalue weighted by Gasteiger charge is -2.10. The van der Waals surface area contributed by atoms with Crippen molar-refractivity contribution in [3.8, 4) is 5.75 Å². The van der Waals surface area contributed by atoms with E-state index in [1.54, 1.807) is 0 Å². The first kappa shape index (κ1) is 11.0. The Hall–Kier alpha value is -1.11. The Morgan fingerprint density at radius 1 is 1.29 bits per heavy atom. The van der Waals surface area contributed by atoms with Gasteiger partial charge in [-0.05, 0) is 0 Å². The van der Waals surface area contributed by atoms with E-state index < -0.39 is 29.0 Å². The number of alkyl halides is 3. The zero-order valence-electron chi connectivity index (χ0n) is 6.20. The van der Waals surface area contributed by atoms with Gasteiger partial charge in [-0.1, -0.05) is 11.6 Å². The molecular weight excluding hydrogens is 233 g/mol. The standard InChI is InChI=1S/C6HClF5NO/c7-5-4(14-6(10,11)12)2(8)1-3(9)13-5/h1H. The monoisotopic (exact) mass is 233 g/mol. The van der Waals surface area contributed by atoms with Crippen LogP contribution in [-0.4, -0.2) is 11.3 Å². The maximum absolute atomic E-state index is 12.7.